The highest BCUT2D eigenvalue weighted by atomic mass is 16.7. The van der Waals surface area contributed by atoms with Crippen LogP contribution in [-0.2, 0) is 9.47 Å². The summed E-state index contributed by atoms with van der Waals surface area (Å²) in [4.78, 5) is 6.76. The van der Waals surface area contributed by atoms with Crippen LogP contribution in [0.3, 0.4) is 0 Å². The molecule has 0 bridgehead atoms. The Hall–Kier alpha value is -2.25. The quantitative estimate of drug-likeness (QED) is 0.903. The van der Waals surface area contributed by atoms with Gasteiger partial charge in [-0.05, 0) is 23.6 Å². The van der Waals surface area contributed by atoms with Crippen LogP contribution in [0.15, 0.2) is 30.5 Å². The molecule has 1 aromatic heterocycles. The molecule has 0 saturated carbocycles. The maximum absolute atomic E-state index is 5.78. The predicted molar refractivity (Wildman–Crippen MR) is 99.7 cm³/mol. The number of ether oxygens (including phenoxy) is 2. The van der Waals surface area contributed by atoms with Crippen LogP contribution in [0.1, 0.15) is 38.2 Å². The summed E-state index contributed by atoms with van der Waals surface area (Å²) < 4.78 is 11.6. The molecule has 3 heterocycles. The number of hydrogen-bond donors (Lipinski definition) is 1. The Morgan fingerprint density at radius 1 is 1.08 bits per heavy atom. The van der Waals surface area contributed by atoms with Crippen molar-refractivity contribution < 1.29 is 9.47 Å². The van der Waals surface area contributed by atoms with Crippen LogP contribution >= 0.6 is 0 Å². The highest BCUT2D eigenvalue weighted by Gasteiger charge is 2.40. The van der Waals surface area contributed by atoms with E-state index >= 15 is 0 Å². The molecular formula is C19H25N5O2. The summed E-state index contributed by atoms with van der Waals surface area (Å²) in [7, 11) is 0. The Labute approximate surface area is 153 Å². The van der Waals surface area contributed by atoms with Gasteiger partial charge in [-0.25, -0.2) is 0 Å². The Morgan fingerprint density at radius 2 is 1.77 bits per heavy atom. The summed E-state index contributed by atoms with van der Waals surface area (Å²) in [5.74, 6) is 1.46. The molecule has 0 atom stereocenters. The van der Waals surface area contributed by atoms with Crippen LogP contribution in [0.25, 0.3) is 0 Å². The zero-order valence-electron chi connectivity index (χ0n) is 15.3. The molecule has 2 aliphatic heterocycles. The average Bonchev–Trinajstić information content (AvgIpc) is 3.11. The highest BCUT2D eigenvalue weighted by Crippen LogP contribution is 2.32. The van der Waals surface area contributed by atoms with Gasteiger partial charge in [0, 0.05) is 31.6 Å². The van der Waals surface area contributed by atoms with E-state index in [4.69, 9.17) is 9.47 Å². The SMILES string of the molecule is CC(C)c1ccc(Nc2cnnc(N3CCC4(CC3)OCCO4)n2)cc1. The standard InChI is InChI=1S/C19H25N5O2/c1-14(2)15-3-5-16(6-4-15)21-17-13-20-23-18(22-17)24-9-7-19(8-10-24)25-11-12-26-19/h3-6,13-14H,7-12H2,1-2H3,(H,21,22,23). The van der Waals surface area contributed by atoms with E-state index in [-0.39, 0.29) is 0 Å². The minimum absolute atomic E-state index is 0.391. The van der Waals surface area contributed by atoms with Crippen molar-refractivity contribution in [2.45, 2.75) is 38.4 Å². The first-order valence-electron chi connectivity index (χ1n) is 9.23. The van der Waals surface area contributed by atoms with Gasteiger partial charge in [-0.2, -0.15) is 10.1 Å². The third-order valence-electron chi connectivity index (χ3n) is 5.02. The maximum atomic E-state index is 5.78. The van der Waals surface area contributed by atoms with Gasteiger partial charge in [-0.3, -0.25) is 0 Å². The average molecular weight is 355 g/mol. The number of hydrogen-bond acceptors (Lipinski definition) is 7. The molecule has 2 aromatic rings. The summed E-state index contributed by atoms with van der Waals surface area (Å²) >= 11 is 0. The van der Waals surface area contributed by atoms with Gasteiger partial charge in [-0.15, -0.1) is 5.10 Å². The molecule has 2 saturated heterocycles. The largest absolute Gasteiger partial charge is 0.347 e. The maximum Gasteiger partial charge on any atom is 0.247 e. The second-order valence-electron chi connectivity index (χ2n) is 7.14. The molecule has 7 nitrogen and oxygen atoms in total. The lowest BCUT2D eigenvalue weighted by Gasteiger charge is -2.37. The first-order valence-corrected chi connectivity index (χ1v) is 9.23. The zero-order chi connectivity index (χ0) is 18.0. The van der Waals surface area contributed by atoms with E-state index < -0.39 is 5.79 Å². The third kappa shape index (κ3) is 3.64. The molecule has 7 heteroatoms. The van der Waals surface area contributed by atoms with E-state index in [2.05, 4.69) is 63.5 Å². The van der Waals surface area contributed by atoms with Crippen molar-refractivity contribution in [3.63, 3.8) is 0 Å². The summed E-state index contributed by atoms with van der Waals surface area (Å²) in [6.07, 6.45) is 3.30. The van der Waals surface area contributed by atoms with E-state index in [0.29, 0.717) is 30.9 Å². The Kier molecular flexibility index (Phi) is 4.74. The number of nitrogens with one attached hydrogen (secondary N) is 1. The lowest BCUT2D eigenvalue weighted by molar-refractivity contribution is -0.169. The Bertz CT molecular complexity index is 734. The van der Waals surface area contributed by atoms with Gasteiger partial charge in [0.2, 0.25) is 5.95 Å². The van der Waals surface area contributed by atoms with Gasteiger partial charge in [0.15, 0.2) is 11.6 Å². The zero-order valence-corrected chi connectivity index (χ0v) is 15.3. The van der Waals surface area contributed by atoms with Crippen LogP contribution in [-0.4, -0.2) is 47.3 Å². The van der Waals surface area contributed by atoms with Crippen LogP contribution in [0.5, 0.6) is 0 Å². The molecule has 2 fully saturated rings. The number of anilines is 3. The van der Waals surface area contributed by atoms with Crippen LogP contribution in [0, 0.1) is 0 Å². The molecule has 0 unspecified atom stereocenters. The first kappa shape index (κ1) is 17.2. The smallest absolute Gasteiger partial charge is 0.247 e. The topological polar surface area (TPSA) is 72.4 Å². The molecule has 2 aliphatic rings. The second kappa shape index (κ2) is 7.17. The van der Waals surface area contributed by atoms with Crippen molar-refractivity contribution in [2.24, 2.45) is 0 Å². The van der Waals surface area contributed by atoms with Gasteiger partial charge < -0.3 is 19.7 Å². The van der Waals surface area contributed by atoms with Gasteiger partial charge in [0.05, 0.1) is 19.4 Å². The molecule has 1 N–H and O–H groups in total. The van der Waals surface area contributed by atoms with Crippen LogP contribution < -0.4 is 10.2 Å². The Morgan fingerprint density at radius 3 is 2.42 bits per heavy atom. The van der Waals surface area contributed by atoms with E-state index in [1.165, 1.54) is 5.56 Å². The predicted octanol–water partition coefficient (Wildman–Crippen LogP) is 3.08. The van der Waals surface area contributed by atoms with Gasteiger partial charge in [-0.1, -0.05) is 26.0 Å². The monoisotopic (exact) mass is 355 g/mol. The van der Waals surface area contributed by atoms with Crippen molar-refractivity contribution in [3.05, 3.63) is 36.0 Å². The lowest BCUT2D eigenvalue weighted by atomic mass is 10.0. The molecule has 0 radical (unpaired) electrons. The number of benzene rings is 1. The van der Waals surface area contributed by atoms with Crippen molar-refractivity contribution in [2.75, 3.05) is 36.5 Å². The van der Waals surface area contributed by atoms with Gasteiger partial charge in [0.1, 0.15) is 0 Å². The molecule has 0 amide bonds. The minimum Gasteiger partial charge on any atom is -0.347 e. The molecule has 26 heavy (non-hydrogen) atoms. The molecule has 4 rings (SSSR count). The number of nitrogens with zero attached hydrogens (tertiary/aromatic N) is 4. The summed E-state index contributed by atoms with van der Waals surface area (Å²) in [5, 5.41) is 11.6. The second-order valence-corrected chi connectivity index (χ2v) is 7.14. The van der Waals surface area contributed by atoms with Crippen LogP contribution in [0.4, 0.5) is 17.5 Å². The van der Waals surface area contributed by atoms with Crippen LogP contribution in [0.2, 0.25) is 0 Å². The molecule has 138 valence electrons. The minimum atomic E-state index is -0.391. The number of rotatable bonds is 4. The van der Waals surface area contributed by atoms with Gasteiger partial charge in [0.25, 0.3) is 0 Å². The Balaban J connectivity index is 1.42. The fourth-order valence-corrected chi connectivity index (χ4v) is 3.42. The fourth-order valence-electron chi connectivity index (χ4n) is 3.42. The highest BCUT2D eigenvalue weighted by molar-refractivity contribution is 5.56. The van der Waals surface area contributed by atoms with Crippen molar-refractivity contribution in [1.82, 2.24) is 15.2 Å². The molecule has 1 spiro atoms. The number of piperidine rings is 1. The van der Waals surface area contributed by atoms with Gasteiger partial charge >= 0.3 is 0 Å². The molecule has 1 aromatic carbocycles. The van der Waals surface area contributed by atoms with E-state index in [1.807, 2.05) is 0 Å². The number of aromatic nitrogens is 3. The summed E-state index contributed by atoms with van der Waals surface area (Å²) in [5.41, 5.74) is 2.31. The normalized spacial score (nSPS) is 19.3. The van der Waals surface area contributed by atoms with E-state index in [1.54, 1.807) is 6.20 Å². The van der Waals surface area contributed by atoms with Crippen molar-refractivity contribution >= 4 is 17.5 Å². The molecule has 0 aliphatic carbocycles. The molecular weight excluding hydrogens is 330 g/mol. The summed E-state index contributed by atoms with van der Waals surface area (Å²) in [6, 6.07) is 8.40. The lowest BCUT2D eigenvalue weighted by Crippen LogP contribution is -2.45. The van der Waals surface area contributed by atoms with E-state index in [9.17, 15) is 0 Å². The van der Waals surface area contributed by atoms with Crippen molar-refractivity contribution in [3.8, 4) is 0 Å². The van der Waals surface area contributed by atoms with Crippen molar-refractivity contribution in [1.29, 1.82) is 0 Å². The first-order chi connectivity index (χ1) is 12.6. The summed E-state index contributed by atoms with van der Waals surface area (Å²) in [6.45, 7) is 7.35. The van der Waals surface area contributed by atoms with E-state index in [0.717, 1.165) is 31.6 Å². The fraction of sp³-hybridized carbons (Fsp3) is 0.526. The third-order valence-corrected chi connectivity index (χ3v) is 5.02.